The van der Waals surface area contributed by atoms with Crippen LogP contribution in [0.2, 0.25) is 10.0 Å². The summed E-state index contributed by atoms with van der Waals surface area (Å²) in [6, 6.07) is 5.84. The van der Waals surface area contributed by atoms with E-state index in [-0.39, 0.29) is 6.04 Å². The van der Waals surface area contributed by atoms with Crippen molar-refractivity contribution in [3.05, 3.63) is 33.8 Å². The second-order valence-electron chi connectivity index (χ2n) is 3.84. The van der Waals surface area contributed by atoms with E-state index in [2.05, 4.69) is 12.2 Å². The molecule has 90 valence electrons. The summed E-state index contributed by atoms with van der Waals surface area (Å²) in [5, 5.41) is 4.80. The average molecular weight is 261 g/mol. The van der Waals surface area contributed by atoms with Crippen LogP contribution >= 0.6 is 23.2 Å². The largest absolute Gasteiger partial charge is 0.330 e. The molecule has 16 heavy (non-hydrogen) atoms. The molecule has 0 aliphatic rings. The highest BCUT2D eigenvalue weighted by atomic mass is 35.5. The maximum atomic E-state index is 6.12. The van der Waals surface area contributed by atoms with Gasteiger partial charge in [0.15, 0.2) is 0 Å². The van der Waals surface area contributed by atoms with Crippen molar-refractivity contribution in [2.75, 3.05) is 13.1 Å². The molecule has 1 unspecified atom stereocenters. The van der Waals surface area contributed by atoms with E-state index in [1.54, 1.807) is 6.07 Å². The van der Waals surface area contributed by atoms with Gasteiger partial charge < -0.3 is 11.1 Å². The molecule has 0 spiro atoms. The van der Waals surface area contributed by atoms with Crippen molar-refractivity contribution < 1.29 is 0 Å². The van der Waals surface area contributed by atoms with E-state index in [4.69, 9.17) is 28.9 Å². The van der Waals surface area contributed by atoms with Gasteiger partial charge in [-0.2, -0.15) is 0 Å². The van der Waals surface area contributed by atoms with Crippen LogP contribution in [-0.2, 0) is 0 Å². The minimum atomic E-state index is 0.238. The Morgan fingerprint density at radius 1 is 1.31 bits per heavy atom. The van der Waals surface area contributed by atoms with Gasteiger partial charge in [-0.15, -0.1) is 0 Å². The van der Waals surface area contributed by atoms with Gasteiger partial charge in [-0.05, 0) is 50.6 Å². The Kier molecular flexibility index (Phi) is 6.14. The van der Waals surface area contributed by atoms with Crippen molar-refractivity contribution in [2.45, 2.75) is 25.8 Å². The summed E-state index contributed by atoms with van der Waals surface area (Å²) in [5.41, 5.74) is 6.52. The first-order chi connectivity index (χ1) is 7.65. The van der Waals surface area contributed by atoms with Crippen LogP contribution in [0, 0.1) is 0 Å². The van der Waals surface area contributed by atoms with E-state index in [1.807, 2.05) is 12.1 Å². The summed E-state index contributed by atoms with van der Waals surface area (Å²) in [4.78, 5) is 0. The lowest BCUT2D eigenvalue weighted by Crippen LogP contribution is -2.20. The van der Waals surface area contributed by atoms with E-state index in [1.165, 1.54) is 0 Å². The monoisotopic (exact) mass is 260 g/mol. The van der Waals surface area contributed by atoms with Gasteiger partial charge in [0, 0.05) is 16.1 Å². The van der Waals surface area contributed by atoms with Crippen molar-refractivity contribution in [3.8, 4) is 0 Å². The Balaban J connectivity index is 2.49. The van der Waals surface area contributed by atoms with Crippen molar-refractivity contribution >= 4 is 23.2 Å². The second kappa shape index (κ2) is 7.13. The molecule has 0 bridgehead atoms. The average Bonchev–Trinajstić information content (AvgIpc) is 2.24. The first-order valence-electron chi connectivity index (χ1n) is 5.53. The summed E-state index contributed by atoms with van der Waals surface area (Å²) in [5.74, 6) is 0. The molecule has 1 rings (SSSR count). The molecule has 0 fully saturated rings. The highest BCUT2D eigenvalue weighted by molar-refractivity contribution is 6.35. The minimum absolute atomic E-state index is 0.238. The van der Waals surface area contributed by atoms with Crippen LogP contribution in [0.5, 0.6) is 0 Å². The van der Waals surface area contributed by atoms with Gasteiger partial charge in [-0.3, -0.25) is 0 Å². The zero-order valence-electron chi connectivity index (χ0n) is 9.47. The standard InChI is InChI=1S/C12H18Cl2N2/c1-9(16-7-3-2-6-15)11-5-4-10(13)8-12(11)14/h4-5,8-9,16H,2-3,6-7,15H2,1H3. The molecule has 0 saturated heterocycles. The summed E-state index contributed by atoms with van der Waals surface area (Å²) in [6.45, 7) is 3.80. The summed E-state index contributed by atoms with van der Waals surface area (Å²) >= 11 is 12.0. The molecule has 0 aliphatic heterocycles. The maximum Gasteiger partial charge on any atom is 0.0468 e. The highest BCUT2D eigenvalue weighted by Gasteiger charge is 2.08. The fourth-order valence-corrected chi connectivity index (χ4v) is 2.12. The van der Waals surface area contributed by atoms with Crippen LogP contribution in [0.25, 0.3) is 0 Å². The second-order valence-corrected chi connectivity index (χ2v) is 4.68. The van der Waals surface area contributed by atoms with Crippen LogP contribution in [0.3, 0.4) is 0 Å². The molecule has 0 aliphatic carbocycles. The SMILES string of the molecule is CC(NCCCCN)c1ccc(Cl)cc1Cl. The molecule has 1 atom stereocenters. The number of nitrogens with one attached hydrogen (secondary N) is 1. The predicted octanol–water partition coefficient (Wildman–Crippen LogP) is 3.38. The van der Waals surface area contributed by atoms with Gasteiger partial charge in [0.2, 0.25) is 0 Å². The molecule has 0 aromatic heterocycles. The molecule has 0 heterocycles. The van der Waals surface area contributed by atoms with Gasteiger partial charge in [0.1, 0.15) is 0 Å². The number of halogens is 2. The number of hydrogen-bond donors (Lipinski definition) is 2. The van der Waals surface area contributed by atoms with E-state index in [0.717, 1.165) is 31.5 Å². The predicted molar refractivity (Wildman–Crippen MR) is 71.2 cm³/mol. The number of nitrogens with two attached hydrogens (primary N) is 1. The first-order valence-corrected chi connectivity index (χ1v) is 6.29. The number of unbranched alkanes of at least 4 members (excludes halogenated alkanes) is 1. The van der Waals surface area contributed by atoms with Gasteiger partial charge in [0.25, 0.3) is 0 Å². The Bertz CT molecular complexity index is 329. The van der Waals surface area contributed by atoms with Crippen molar-refractivity contribution in [2.24, 2.45) is 5.73 Å². The van der Waals surface area contributed by atoms with E-state index < -0.39 is 0 Å². The van der Waals surface area contributed by atoms with Crippen LogP contribution in [0.1, 0.15) is 31.4 Å². The maximum absolute atomic E-state index is 6.12. The topological polar surface area (TPSA) is 38.0 Å². The third-order valence-corrected chi connectivity index (χ3v) is 3.07. The molecular formula is C12H18Cl2N2. The number of rotatable bonds is 6. The molecule has 3 N–H and O–H groups in total. The van der Waals surface area contributed by atoms with Crippen LogP contribution in [0.4, 0.5) is 0 Å². The lowest BCUT2D eigenvalue weighted by atomic mass is 10.1. The zero-order valence-corrected chi connectivity index (χ0v) is 11.0. The van der Waals surface area contributed by atoms with E-state index >= 15 is 0 Å². The molecule has 0 radical (unpaired) electrons. The fourth-order valence-electron chi connectivity index (χ4n) is 1.55. The van der Waals surface area contributed by atoms with Crippen LogP contribution in [0.15, 0.2) is 18.2 Å². The van der Waals surface area contributed by atoms with Crippen molar-refractivity contribution in [1.29, 1.82) is 0 Å². The molecule has 4 heteroatoms. The van der Waals surface area contributed by atoms with Crippen molar-refractivity contribution in [1.82, 2.24) is 5.32 Å². The van der Waals surface area contributed by atoms with Crippen LogP contribution < -0.4 is 11.1 Å². The highest BCUT2D eigenvalue weighted by Crippen LogP contribution is 2.25. The summed E-state index contributed by atoms with van der Waals surface area (Å²) in [7, 11) is 0. The normalized spacial score (nSPS) is 12.8. The number of benzene rings is 1. The number of hydrogen-bond acceptors (Lipinski definition) is 2. The molecular weight excluding hydrogens is 243 g/mol. The molecule has 1 aromatic carbocycles. The Labute approximate surface area is 107 Å². The Morgan fingerprint density at radius 3 is 2.69 bits per heavy atom. The Hall–Kier alpha value is -0.280. The summed E-state index contributed by atoms with van der Waals surface area (Å²) < 4.78 is 0. The molecule has 1 aromatic rings. The minimum Gasteiger partial charge on any atom is -0.330 e. The summed E-state index contributed by atoms with van der Waals surface area (Å²) in [6.07, 6.45) is 2.14. The third-order valence-electron chi connectivity index (χ3n) is 2.51. The first kappa shape index (κ1) is 13.8. The quantitative estimate of drug-likeness (QED) is 0.770. The van der Waals surface area contributed by atoms with Gasteiger partial charge in [0.05, 0.1) is 0 Å². The fraction of sp³-hybridized carbons (Fsp3) is 0.500. The van der Waals surface area contributed by atoms with Gasteiger partial charge in [-0.25, -0.2) is 0 Å². The Morgan fingerprint density at radius 2 is 2.06 bits per heavy atom. The van der Waals surface area contributed by atoms with Crippen molar-refractivity contribution in [3.63, 3.8) is 0 Å². The molecule has 0 saturated carbocycles. The third kappa shape index (κ3) is 4.30. The smallest absolute Gasteiger partial charge is 0.0468 e. The van der Waals surface area contributed by atoms with E-state index in [0.29, 0.717) is 10.0 Å². The lowest BCUT2D eigenvalue weighted by molar-refractivity contribution is 0.549. The molecule has 0 amide bonds. The van der Waals surface area contributed by atoms with Crippen LogP contribution in [-0.4, -0.2) is 13.1 Å². The van der Waals surface area contributed by atoms with Gasteiger partial charge >= 0.3 is 0 Å². The zero-order chi connectivity index (χ0) is 12.0. The lowest BCUT2D eigenvalue weighted by Gasteiger charge is -2.15. The molecule has 2 nitrogen and oxygen atoms in total. The van der Waals surface area contributed by atoms with E-state index in [9.17, 15) is 0 Å². The van der Waals surface area contributed by atoms with Gasteiger partial charge in [-0.1, -0.05) is 29.3 Å².